The molecular weight excluding hydrogens is 388 g/mol. The number of carbonyl (C=O) groups excluding carboxylic acids is 1. The van der Waals surface area contributed by atoms with E-state index in [0.717, 1.165) is 23.4 Å². The molecule has 3 heterocycles. The first-order valence-electron chi connectivity index (χ1n) is 9.18. The highest BCUT2D eigenvalue weighted by atomic mass is 32.1. The predicted molar refractivity (Wildman–Crippen MR) is 110 cm³/mol. The van der Waals surface area contributed by atoms with E-state index in [1.54, 1.807) is 12.3 Å². The average molecular weight is 404 g/mol. The van der Waals surface area contributed by atoms with Crippen molar-refractivity contribution in [2.75, 3.05) is 4.90 Å². The molecule has 0 atom stereocenters. The zero-order valence-corrected chi connectivity index (χ0v) is 16.0. The number of para-hydroxylation sites is 1. The Hall–Kier alpha value is -3.52. The third-order valence-electron chi connectivity index (χ3n) is 4.85. The maximum absolute atomic E-state index is 13.2. The molecule has 1 fully saturated rings. The Labute approximate surface area is 169 Å². The van der Waals surface area contributed by atoms with Crippen molar-refractivity contribution in [1.29, 1.82) is 0 Å². The highest BCUT2D eigenvalue weighted by Crippen LogP contribution is 2.35. The van der Waals surface area contributed by atoms with E-state index in [1.165, 1.54) is 17.5 Å². The number of H-pyrrole nitrogens is 1. The van der Waals surface area contributed by atoms with Gasteiger partial charge in [-0.15, -0.1) is 11.3 Å². The Morgan fingerprint density at radius 1 is 1.14 bits per heavy atom. The number of amides is 1. The lowest BCUT2D eigenvalue weighted by Crippen LogP contribution is -2.32. The van der Waals surface area contributed by atoms with Gasteiger partial charge in [0.05, 0.1) is 21.6 Å². The number of hydrogen-bond donors (Lipinski definition) is 2. The number of aromatic nitrogens is 3. The number of thiophene rings is 1. The number of nitrogens with one attached hydrogen (secondary N) is 1. The van der Waals surface area contributed by atoms with E-state index in [0.29, 0.717) is 21.7 Å². The molecule has 0 bridgehead atoms. The fraction of sp³-hybridized carbons (Fsp3) is 0.143. The van der Waals surface area contributed by atoms with Crippen molar-refractivity contribution in [3.63, 3.8) is 0 Å². The van der Waals surface area contributed by atoms with Gasteiger partial charge in [0.1, 0.15) is 11.1 Å². The number of hydrogen-bond acceptors (Lipinski definition) is 5. The largest absolute Gasteiger partial charge is 0.478 e. The third kappa shape index (κ3) is 3.17. The minimum absolute atomic E-state index is 0.0307. The summed E-state index contributed by atoms with van der Waals surface area (Å²) in [6.45, 7) is 0. The van der Waals surface area contributed by atoms with Crippen LogP contribution in [0, 0.1) is 0 Å². The first-order chi connectivity index (χ1) is 14.1. The van der Waals surface area contributed by atoms with Gasteiger partial charge in [-0.1, -0.05) is 18.2 Å². The van der Waals surface area contributed by atoms with Crippen LogP contribution >= 0.6 is 11.3 Å². The molecule has 29 heavy (non-hydrogen) atoms. The van der Waals surface area contributed by atoms with Crippen LogP contribution in [0.3, 0.4) is 0 Å². The van der Waals surface area contributed by atoms with Gasteiger partial charge in [-0.05, 0) is 37.1 Å². The Morgan fingerprint density at radius 2 is 1.93 bits per heavy atom. The minimum atomic E-state index is -1.06. The quantitative estimate of drug-likeness (QED) is 0.519. The van der Waals surface area contributed by atoms with Gasteiger partial charge < -0.3 is 15.0 Å². The van der Waals surface area contributed by atoms with Crippen molar-refractivity contribution >= 4 is 40.1 Å². The third-order valence-corrected chi connectivity index (χ3v) is 5.94. The number of carbonyl (C=O) groups is 2. The van der Waals surface area contributed by atoms with E-state index in [-0.39, 0.29) is 17.5 Å². The van der Waals surface area contributed by atoms with Crippen LogP contribution in [0.4, 0.5) is 5.69 Å². The number of fused-ring (bicyclic) bond motifs is 1. The second-order valence-corrected chi connectivity index (χ2v) is 7.95. The maximum Gasteiger partial charge on any atom is 0.339 e. The van der Waals surface area contributed by atoms with Crippen LogP contribution in [0.25, 0.3) is 21.7 Å². The summed E-state index contributed by atoms with van der Waals surface area (Å²) in [5.41, 5.74) is 2.24. The fourth-order valence-corrected chi connectivity index (χ4v) is 4.20. The molecule has 0 radical (unpaired) electrons. The maximum atomic E-state index is 13.2. The van der Waals surface area contributed by atoms with Gasteiger partial charge >= 0.3 is 5.97 Å². The van der Waals surface area contributed by atoms with Crippen LogP contribution in [0.2, 0.25) is 0 Å². The summed E-state index contributed by atoms with van der Waals surface area (Å²) in [4.78, 5) is 39.3. The summed E-state index contributed by atoms with van der Waals surface area (Å²) >= 11 is 1.34. The van der Waals surface area contributed by atoms with E-state index in [4.69, 9.17) is 0 Å². The molecule has 4 aromatic rings. The van der Waals surface area contributed by atoms with Crippen LogP contribution in [-0.2, 0) is 0 Å². The molecule has 144 valence electrons. The van der Waals surface area contributed by atoms with Crippen LogP contribution in [0.5, 0.6) is 0 Å². The van der Waals surface area contributed by atoms with Gasteiger partial charge in [0.15, 0.2) is 5.65 Å². The Kier molecular flexibility index (Phi) is 4.13. The molecule has 1 aliphatic carbocycles. The molecule has 1 aliphatic rings. The molecule has 0 spiro atoms. The van der Waals surface area contributed by atoms with Crippen LogP contribution in [0.1, 0.15) is 32.9 Å². The van der Waals surface area contributed by atoms with Crippen molar-refractivity contribution in [2.24, 2.45) is 0 Å². The van der Waals surface area contributed by atoms with E-state index in [1.807, 2.05) is 41.3 Å². The van der Waals surface area contributed by atoms with Crippen molar-refractivity contribution in [3.05, 3.63) is 65.3 Å². The van der Waals surface area contributed by atoms with E-state index in [9.17, 15) is 14.7 Å². The normalized spacial score (nSPS) is 13.5. The zero-order chi connectivity index (χ0) is 20.0. The monoisotopic (exact) mass is 404 g/mol. The summed E-state index contributed by atoms with van der Waals surface area (Å²) in [6, 6.07) is 13.6. The lowest BCUT2D eigenvalue weighted by atomic mass is 10.2. The van der Waals surface area contributed by atoms with Crippen molar-refractivity contribution < 1.29 is 14.7 Å². The second kappa shape index (κ2) is 6.82. The van der Waals surface area contributed by atoms with Gasteiger partial charge in [-0.25, -0.2) is 14.8 Å². The highest BCUT2D eigenvalue weighted by molar-refractivity contribution is 7.17. The van der Waals surface area contributed by atoms with Crippen LogP contribution in [-0.4, -0.2) is 38.0 Å². The molecular formula is C21H16N4O3S. The standard InChI is InChI=1S/C21H16N4O3S/c26-20(25(13-6-7-13)12-4-2-1-3-5-12)17-9-8-16(29-17)15-11-23-19-18(24-15)14(10-22-19)21(27)28/h1-5,8-11,13H,6-7H2,(H,22,23)(H,27,28). The molecule has 0 saturated heterocycles. The fourth-order valence-electron chi connectivity index (χ4n) is 3.30. The summed E-state index contributed by atoms with van der Waals surface area (Å²) in [5, 5.41) is 9.30. The summed E-state index contributed by atoms with van der Waals surface area (Å²) in [6.07, 6.45) is 4.98. The average Bonchev–Trinajstić information content (AvgIpc) is 3.28. The summed E-state index contributed by atoms with van der Waals surface area (Å²) < 4.78 is 0. The highest BCUT2D eigenvalue weighted by Gasteiger charge is 2.34. The van der Waals surface area contributed by atoms with Crippen LogP contribution in [0.15, 0.2) is 54.9 Å². The smallest absolute Gasteiger partial charge is 0.339 e. The Morgan fingerprint density at radius 3 is 2.66 bits per heavy atom. The van der Waals surface area contributed by atoms with Crippen molar-refractivity contribution in [3.8, 4) is 10.6 Å². The number of anilines is 1. The first-order valence-corrected chi connectivity index (χ1v) is 9.99. The Balaban J connectivity index is 1.49. The Bertz CT molecular complexity index is 1230. The molecule has 7 nitrogen and oxygen atoms in total. The number of carboxylic acids is 1. The number of aromatic amines is 1. The number of aromatic carboxylic acids is 1. The second-order valence-electron chi connectivity index (χ2n) is 6.87. The number of nitrogens with zero attached hydrogens (tertiary/aromatic N) is 3. The molecule has 0 unspecified atom stereocenters. The van der Waals surface area contributed by atoms with Crippen molar-refractivity contribution in [1.82, 2.24) is 15.0 Å². The summed E-state index contributed by atoms with van der Waals surface area (Å²) in [5.74, 6) is -1.09. The number of benzene rings is 1. The zero-order valence-electron chi connectivity index (χ0n) is 15.2. The van der Waals surface area contributed by atoms with E-state index < -0.39 is 5.97 Å². The van der Waals surface area contributed by atoms with Gasteiger partial charge in [0, 0.05) is 17.9 Å². The molecule has 2 N–H and O–H groups in total. The molecule has 1 saturated carbocycles. The molecule has 1 aromatic carbocycles. The van der Waals surface area contributed by atoms with Gasteiger partial charge in [-0.2, -0.15) is 0 Å². The topological polar surface area (TPSA) is 99.2 Å². The lowest BCUT2D eigenvalue weighted by molar-refractivity contribution is 0.0698. The van der Waals surface area contributed by atoms with E-state index in [2.05, 4.69) is 15.0 Å². The SMILES string of the molecule is O=C(O)c1c[nH]c2ncc(-c3ccc(C(=O)N(c4ccccc4)C4CC4)s3)nc12. The molecule has 5 rings (SSSR count). The van der Waals surface area contributed by atoms with E-state index >= 15 is 0 Å². The van der Waals surface area contributed by atoms with Gasteiger partial charge in [-0.3, -0.25) is 4.79 Å². The molecule has 1 amide bonds. The first kappa shape index (κ1) is 17.6. The molecule has 0 aliphatic heterocycles. The van der Waals surface area contributed by atoms with Gasteiger partial charge in [0.25, 0.3) is 5.91 Å². The predicted octanol–water partition coefficient (Wildman–Crippen LogP) is 4.19. The molecule has 3 aromatic heterocycles. The van der Waals surface area contributed by atoms with Crippen LogP contribution < -0.4 is 4.90 Å². The summed E-state index contributed by atoms with van der Waals surface area (Å²) in [7, 11) is 0. The number of carboxylic acid groups (broad SMARTS) is 1. The minimum Gasteiger partial charge on any atom is -0.478 e. The number of rotatable bonds is 5. The molecule has 8 heteroatoms. The van der Waals surface area contributed by atoms with Crippen molar-refractivity contribution in [2.45, 2.75) is 18.9 Å². The lowest BCUT2D eigenvalue weighted by Gasteiger charge is -2.21. The van der Waals surface area contributed by atoms with Gasteiger partial charge in [0.2, 0.25) is 0 Å².